The van der Waals surface area contributed by atoms with Gasteiger partial charge in [-0.2, -0.15) is 0 Å². The highest BCUT2D eigenvalue weighted by Crippen LogP contribution is 2.08. The lowest BCUT2D eigenvalue weighted by Gasteiger charge is -2.02. The first-order valence-corrected chi connectivity index (χ1v) is 5.89. The highest BCUT2D eigenvalue weighted by atomic mass is 32.2. The first kappa shape index (κ1) is 11.2. The maximum atomic E-state index is 11.5. The van der Waals surface area contributed by atoms with Gasteiger partial charge in [0.15, 0.2) is 0 Å². The molecule has 0 heterocycles. The Bertz CT molecular complexity index is 315. The Hall–Kier alpha value is -0.870. The van der Waals surface area contributed by atoms with Gasteiger partial charge in [0, 0.05) is 35.1 Å². The lowest BCUT2D eigenvalue weighted by atomic mass is 10.2. The molecule has 0 aromatic heterocycles. The Labute approximate surface area is 86.7 Å². The molecule has 1 unspecified atom stereocenters. The number of ether oxygens (including phenoxy) is 1. The molecular formula is C10H15NO2S. The second kappa shape index (κ2) is 5.78. The van der Waals surface area contributed by atoms with Gasteiger partial charge >= 0.3 is 0 Å². The minimum atomic E-state index is -0.860. The second-order valence-electron chi connectivity index (χ2n) is 3.03. The standard InChI is InChI=1S/C10H15NO2S/c1-13-5-6-14(12)8-9-3-2-4-10(11)7-9/h2-4,7H,5-6,8,11H2,1H3. The molecule has 0 aliphatic carbocycles. The van der Waals surface area contributed by atoms with Gasteiger partial charge in [0.1, 0.15) is 0 Å². The third-order valence-electron chi connectivity index (χ3n) is 1.79. The first-order chi connectivity index (χ1) is 6.72. The molecule has 3 nitrogen and oxygen atoms in total. The van der Waals surface area contributed by atoms with Gasteiger partial charge in [0.25, 0.3) is 0 Å². The molecule has 2 N–H and O–H groups in total. The summed E-state index contributed by atoms with van der Waals surface area (Å²) in [6.07, 6.45) is 0. The highest BCUT2D eigenvalue weighted by molar-refractivity contribution is 7.84. The average molecular weight is 213 g/mol. The van der Waals surface area contributed by atoms with Crippen LogP contribution in [-0.2, 0) is 21.3 Å². The molecule has 0 bridgehead atoms. The fourth-order valence-electron chi connectivity index (χ4n) is 1.12. The molecule has 1 aromatic carbocycles. The van der Waals surface area contributed by atoms with Crippen LogP contribution in [0.3, 0.4) is 0 Å². The lowest BCUT2D eigenvalue weighted by molar-refractivity contribution is 0.218. The Morgan fingerprint density at radius 1 is 1.50 bits per heavy atom. The summed E-state index contributed by atoms with van der Waals surface area (Å²) in [6, 6.07) is 7.48. The van der Waals surface area contributed by atoms with Gasteiger partial charge in [-0.3, -0.25) is 4.21 Å². The normalized spacial score (nSPS) is 12.6. The zero-order chi connectivity index (χ0) is 10.4. The van der Waals surface area contributed by atoms with E-state index in [0.29, 0.717) is 23.8 Å². The third-order valence-corrected chi connectivity index (χ3v) is 3.07. The van der Waals surface area contributed by atoms with Crippen molar-refractivity contribution in [3.8, 4) is 0 Å². The minimum absolute atomic E-state index is 0.537. The van der Waals surface area contributed by atoms with E-state index < -0.39 is 10.8 Å². The molecule has 0 saturated heterocycles. The Kier molecular flexibility index (Phi) is 4.62. The van der Waals surface area contributed by atoms with E-state index >= 15 is 0 Å². The van der Waals surface area contributed by atoms with Crippen molar-refractivity contribution in [3.63, 3.8) is 0 Å². The van der Waals surface area contributed by atoms with E-state index in [1.807, 2.05) is 24.3 Å². The molecule has 14 heavy (non-hydrogen) atoms. The second-order valence-corrected chi connectivity index (χ2v) is 4.60. The van der Waals surface area contributed by atoms with Crippen LogP contribution < -0.4 is 5.73 Å². The number of rotatable bonds is 5. The summed E-state index contributed by atoms with van der Waals surface area (Å²) in [5.74, 6) is 1.12. The predicted molar refractivity (Wildman–Crippen MR) is 59.4 cm³/mol. The average Bonchev–Trinajstić information content (AvgIpc) is 2.15. The van der Waals surface area contributed by atoms with Gasteiger partial charge in [0.2, 0.25) is 0 Å². The SMILES string of the molecule is COCCS(=O)Cc1cccc(N)c1. The van der Waals surface area contributed by atoms with Gasteiger partial charge in [-0.15, -0.1) is 0 Å². The molecule has 1 aromatic rings. The van der Waals surface area contributed by atoms with Gasteiger partial charge in [-0.25, -0.2) is 0 Å². The zero-order valence-electron chi connectivity index (χ0n) is 8.23. The fourth-order valence-corrected chi connectivity index (χ4v) is 2.17. The molecule has 0 spiro atoms. The van der Waals surface area contributed by atoms with Crippen LogP contribution in [0.1, 0.15) is 5.56 Å². The molecule has 1 rings (SSSR count). The number of hydrogen-bond acceptors (Lipinski definition) is 3. The van der Waals surface area contributed by atoms with Gasteiger partial charge in [0.05, 0.1) is 6.61 Å². The topological polar surface area (TPSA) is 52.3 Å². The van der Waals surface area contributed by atoms with Gasteiger partial charge in [-0.1, -0.05) is 12.1 Å². The van der Waals surface area contributed by atoms with Crippen LogP contribution in [0.15, 0.2) is 24.3 Å². The molecular weight excluding hydrogens is 198 g/mol. The van der Waals surface area contributed by atoms with Crippen LogP contribution in [0, 0.1) is 0 Å². The van der Waals surface area contributed by atoms with E-state index in [2.05, 4.69) is 0 Å². The summed E-state index contributed by atoms with van der Waals surface area (Å²) in [5.41, 5.74) is 7.34. The predicted octanol–water partition coefficient (Wildman–Crippen LogP) is 1.16. The third kappa shape index (κ3) is 3.89. The first-order valence-electron chi connectivity index (χ1n) is 4.40. The van der Waals surface area contributed by atoms with Crippen molar-refractivity contribution in [2.24, 2.45) is 0 Å². The summed E-state index contributed by atoms with van der Waals surface area (Å²) in [7, 11) is 0.749. The summed E-state index contributed by atoms with van der Waals surface area (Å²) >= 11 is 0. The van der Waals surface area contributed by atoms with Crippen molar-refractivity contribution in [2.45, 2.75) is 5.75 Å². The maximum absolute atomic E-state index is 11.5. The largest absolute Gasteiger partial charge is 0.399 e. The van der Waals surface area contributed by atoms with Crippen LogP contribution in [0.25, 0.3) is 0 Å². The molecule has 0 fully saturated rings. The fraction of sp³-hybridized carbons (Fsp3) is 0.400. The van der Waals surface area contributed by atoms with Crippen molar-refractivity contribution in [2.75, 3.05) is 25.2 Å². The van der Waals surface area contributed by atoms with E-state index in [1.165, 1.54) is 0 Å². The van der Waals surface area contributed by atoms with Crippen molar-refractivity contribution in [1.29, 1.82) is 0 Å². The molecule has 1 atom stereocenters. The van der Waals surface area contributed by atoms with E-state index in [0.717, 1.165) is 5.56 Å². The minimum Gasteiger partial charge on any atom is -0.399 e. The number of methoxy groups -OCH3 is 1. The summed E-state index contributed by atoms with van der Waals surface area (Å²) < 4.78 is 16.3. The highest BCUT2D eigenvalue weighted by Gasteiger charge is 2.01. The Morgan fingerprint density at radius 3 is 2.93 bits per heavy atom. The monoisotopic (exact) mass is 213 g/mol. The smallest absolute Gasteiger partial charge is 0.0577 e. The van der Waals surface area contributed by atoms with Crippen LogP contribution in [0.5, 0.6) is 0 Å². The molecule has 0 aliphatic rings. The van der Waals surface area contributed by atoms with E-state index in [9.17, 15) is 4.21 Å². The Morgan fingerprint density at radius 2 is 2.29 bits per heavy atom. The van der Waals surface area contributed by atoms with Crippen molar-refractivity contribution >= 4 is 16.5 Å². The van der Waals surface area contributed by atoms with E-state index in [4.69, 9.17) is 10.5 Å². The summed E-state index contributed by atoms with van der Waals surface area (Å²) in [6.45, 7) is 0.537. The van der Waals surface area contributed by atoms with Crippen molar-refractivity contribution in [3.05, 3.63) is 29.8 Å². The van der Waals surface area contributed by atoms with E-state index in [-0.39, 0.29) is 0 Å². The van der Waals surface area contributed by atoms with Crippen LogP contribution in [0.4, 0.5) is 5.69 Å². The van der Waals surface area contributed by atoms with E-state index in [1.54, 1.807) is 7.11 Å². The molecule has 0 amide bonds. The zero-order valence-corrected chi connectivity index (χ0v) is 9.05. The number of nitrogens with two attached hydrogens (primary N) is 1. The Balaban J connectivity index is 2.47. The van der Waals surface area contributed by atoms with Crippen LogP contribution in [0.2, 0.25) is 0 Å². The molecule has 78 valence electrons. The quantitative estimate of drug-likeness (QED) is 0.747. The summed E-state index contributed by atoms with van der Waals surface area (Å²) in [5, 5.41) is 0. The number of benzene rings is 1. The molecule has 0 radical (unpaired) electrons. The molecule has 0 saturated carbocycles. The maximum Gasteiger partial charge on any atom is 0.0577 e. The number of hydrogen-bond donors (Lipinski definition) is 1. The number of nitrogen functional groups attached to an aromatic ring is 1. The van der Waals surface area contributed by atoms with Gasteiger partial charge < -0.3 is 10.5 Å². The van der Waals surface area contributed by atoms with Gasteiger partial charge in [-0.05, 0) is 17.7 Å². The lowest BCUT2D eigenvalue weighted by Crippen LogP contribution is -2.06. The van der Waals surface area contributed by atoms with Crippen LogP contribution >= 0.6 is 0 Å². The number of anilines is 1. The van der Waals surface area contributed by atoms with Crippen LogP contribution in [-0.4, -0.2) is 23.7 Å². The van der Waals surface area contributed by atoms with Crippen molar-refractivity contribution < 1.29 is 8.95 Å². The van der Waals surface area contributed by atoms with Crippen molar-refractivity contribution in [1.82, 2.24) is 0 Å². The molecule has 0 aliphatic heterocycles. The summed E-state index contributed by atoms with van der Waals surface area (Å²) in [4.78, 5) is 0. The molecule has 4 heteroatoms.